The molecule has 0 amide bonds. The number of pyridine rings is 1. The van der Waals surface area contributed by atoms with Crippen LogP contribution in [-0.4, -0.2) is 31.9 Å². The predicted molar refractivity (Wildman–Crippen MR) is 76.5 cm³/mol. The van der Waals surface area contributed by atoms with E-state index in [0.717, 1.165) is 25.4 Å². The van der Waals surface area contributed by atoms with Gasteiger partial charge in [-0.15, -0.1) is 0 Å². The van der Waals surface area contributed by atoms with Crippen LogP contribution in [0.5, 0.6) is 5.88 Å². The first kappa shape index (κ1) is 13.9. The molecule has 0 radical (unpaired) electrons. The quantitative estimate of drug-likeness (QED) is 0.754. The van der Waals surface area contributed by atoms with E-state index in [1.54, 1.807) is 7.11 Å². The summed E-state index contributed by atoms with van der Waals surface area (Å²) < 4.78 is 10.6. The number of hydrogen-bond donors (Lipinski definition) is 2. The summed E-state index contributed by atoms with van der Waals surface area (Å²) >= 11 is 0. The van der Waals surface area contributed by atoms with Crippen LogP contribution in [0, 0.1) is 5.41 Å². The maximum Gasteiger partial charge on any atom is 0.239 e. The van der Waals surface area contributed by atoms with E-state index in [1.807, 2.05) is 19.1 Å². The van der Waals surface area contributed by atoms with Crippen LogP contribution >= 0.6 is 0 Å². The van der Waals surface area contributed by atoms with Gasteiger partial charge in [-0.3, -0.25) is 0 Å². The normalized spacial score (nSPS) is 16.1. The highest BCUT2D eigenvalue weighted by molar-refractivity contribution is 5.53. The van der Waals surface area contributed by atoms with Crippen LogP contribution < -0.4 is 15.8 Å². The summed E-state index contributed by atoms with van der Waals surface area (Å²) in [4.78, 5) is 4.38. The molecule has 1 heterocycles. The Hall–Kier alpha value is -1.49. The van der Waals surface area contributed by atoms with Gasteiger partial charge in [-0.25, -0.2) is 0 Å². The van der Waals surface area contributed by atoms with Crippen LogP contribution in [0.25, 0.3) is 0 Å². The summed E-state index contributed by atoms with van der Waals surface area (Å²) in [6.07, 6.45) is 3.62. The number of methoxy groups -OCH3 is 1. The van der Waals surface area contributed by atoms with Crippen molar-refractivity contribution in [1.82, 2.24) is 4.98 Å². The van der Waals surface area contributed by atoms with E-state index in [1.165, 1.54) is 12.8 Å². The monoisotopic (exact) mass is 265 g/mol. The molecule has 0 saturated heterocycles. The van der Waals surface area contributed by atoms with Gasteiger partial charge in [0.1, 0.15) is 5.82 Å². The van der Waals surface area contributed by atoms with Crippen molar-refractivity contribution in [3.8, 4) is 5.88 Å². The fourth-order valence-corrected chi connectivity index (χ4v) is 2.09. The molecular weight excluding hydrogens is 242 g/mol. The van der Waals surface area contributed by atoms with Gasteiger partial charge >= 0.3 is 0 Å². The second-order valence-electron chi connectivity index (χ2n) is 5.12. The molecule has 1 aliphatic rings. The molecule has 1 aromatic heterocycles. The molecule has 0 unspecified atom stereocenters. The lowest BCUT2D eigenvalue weighted by Gasteiger charge is -2.16. The second kappa shape index (κ2) is 6.10. The number of nitrogens with zero attached hydrogens (tertiary/aromatic N) is 1. The van der Waals surface area contributed by atoms with Crippen LogP contribution in [0.3, 0.4) is 0 Å². The number of nitrogen functional groups attached to an aromatic ring is 1. The molecule has 5 heteroatoms. The lowest BCUT2D eigenvalue weighted by Crippen LogP contribution is -2.18. The van der Waals surface area contributed by atoms with Crippen molar-refractivity contribution in [3.63, 3.8) is 0 Å². The second-order valence-corrected chi connectivity index (χ2v) is 5.12. The molecule has 3 N–H and O–H groups in total. The molecule has 19 heavy (non-hydrogen) atoms. The van der Waals surface area contributed by atoms with Crippen molar-refractivity contribution in [1.29, 1.82) is 0 Å². The highest BCUT2D eigenvalue weighted by Gasteiger charge is 2.41. The third-order valence-corrected chi connectivity index (χ3v) is 3.61. The molecule has 1 saturated carbocycles. The standard InChI is InChI=1S/C14H23N3O2/c1-3-19-13-11(15)4-5-12(17-13)16-10-14(6-7-14)8-9-18-2/h4-5H,3,6-10,15H2,1-2H3,(H,16,17). The molecule has 0 bridgehead atoms. The average molecular weight is 265 g/mol. The van der Waals surface area contributed by atoms with Gasteiger partial charge in [0.25, 0.3) is 0 Å². The van der Waals surface area contributed by atoms with Crippen molar-refractivity contribution < 1.29 is 9.47 Å². The Morgan fingerprint density at radius 3 is 2.84 bits per heavy atom. The molecule has 0 spiro atoms. The third-order valence-electron chi connectivity index (χ3n) is 3.61. The zero-order chi connectivity index (χ0) is 13.7. The lowest BCUT2D eigenvalue weighted by molar-refractivity contribution is 0.175. The first-order chi connectivity index (χ1) is 9.19. The minimum Gasteiger partial charge on any atom is -0.476 e. The Bertz CT molecular complexity index is 419. The molecule has 1 aromatic rings. The fourth-order valence-electron chi connectivity index (χ4n) is 2.09. The van der Waals surface area contributed by atoms with E-state index in [4.69, 9.17) is 15.2 Å². The van der Waals surface area contributed by atoms with Gasteiger partial charge in [-0.05, 0) is 43.7 Å². The van der Waals surface area contributed by atoms with E-state index in [2.05, 4.69) is 10.3 Å². The van der Waals surface area contributed by atoms with Gasteiger partial charge in [-0.1, -0.05) is 0 Å². The number of aromatic nitrogens is 1. The minimum atomic E-state index is 0.394. The van der Waals surface area contributed by atoms with Crippen LogP contribution in [-0.2, 0) is 4.74 Å². The van der Waals surface area contributed by atoms with Crippen LogP contribution in [0.1, 0.15) is 26.2 Å². The Labute approximate surface area is 114 Å². The molecule has 0 atom stereocenters. The largest absolute Gasteiger partial charge is 0.476 e. The highest BCUT2D eigenvalue weighted by atomic mass is 16.5. The van der Waals surface area contributed by atoms with Crippen molar-refractivity contribution >= 4 is 11.5 Å². The summed E-state index contributed by atoms with van der Waals surface area (Å²) in [6.45, 7) is 4.24. The van der Waals surface area contributed by atoms with E-state index in [9.17, 15) is 0 Å². The molecule has 5 nitrogen and oxygen atoms in total. The summed E-state index contributed by atoms with van der Waals surface area (Å²) in [5.41, 5.74) is 6.77. The maximum atomic E-state index is 5.80. The molecule has 0 aromatic carbocycles. The fraction of sp³-hybridized carbons (Fsp3) is 0.643. The van der Waals surface area contributed by atoms with Crippen molar-refractivity contribution in [2.45, 2.75) is 26.2 Å². The number of nitrogens with one attached hydrogen (secondary N) is 1. The summed E-state index contributed by atoms with van der Waals surface area (Å²) in [6, 6.07) is 3.72. The van der Waals surface area contributed by atoms with Crippen LogP contribution in [0.2, 0.25) is 0 Å². The van der Waals surface area contributed by atoms with Crippen molar-refractivity contribution in [3.05, 3.63) is 12.1 Å². The van der Waals surface area contributed by atoms with Crippen molar-refractivity contribution in [2.75, 3.05) is 37.9 Å². The minimum absolute atomic E-state index is 0.394. The average Bonchev–Trinajstić information content (AvgIpc) is 3.18. The first-order valence-electron chi connectivity index (χ1n) is 6.81. The van der Waals surface area contributed by atoms with Gasteiger partial charge < -0.3 is 20.5 Å². The maximum absolute atomic E-state index is 5.80. The molecule has 106 valence electrons. The van der Waals surface area contributed by atoms with Gasteiger partial charge in [0.15, 0.2) is 0 Å². The summed E-state index contributed by atoms with van der Waals surface area (Å²) in [7, 11) is 1.75. The van der Waals surface area contributed by atoms with E-state index < -0.39 is 0 Å². The van der Waals surface area contributed by atoms with Gasteiger partial charge in [0.05, 0.1) is 12.3 Å². The van der Waals surface area contributed by atoms with Crippen molar-refractivity contribution in [2.24, 2.45) is 5.41 Å². The molecule has 2 rings (SSSR count). The number of hydrogen-bond acceptors (Lipinski definition) is 5. The topological polar surface area (TPSA) is 69.4 Å². The Morgan fingerprint density at radius 2 is 2.21 bits per heavy atom. The zero-order valence-electron chi connectivity index (χ0n) is 11.7. The molecular formula is C14H23N3O2. The van der Waals surface area contributed by atoms with E-state index in [0.29, 0.717) is 23.6 Å². The zero-order valence-corrected chi connectivity index (χ0v) is 11.7. The molecule has 0 aliphatic heterocycles. The Morgan fingerprint density at radius 1 is 1.42 bits per heavy atom. The summed E-state index contributed by atoms with van der Waals surface area (Å²) in [5, 5.41) is 3.38. The number of nitrogens with two attached hydrogens (primary N) is 1. The van der Waals surface area contributed by atoms with Gasteiger partial charge in [-0.2, -0.15) is 4.98 Å². The predicted octanol–water partition coefficient (Wildman–Crippen LogP) is 2.29. The van der Waals surface area contributed by atoms with Crippen LogP contribution in [0.4, 0.5) is 11.5 Å². The van der Waals surface area contributed by atoms with E-state index in [-0.39, 0.29) is 0 Å². The third kappa shape index (κ3) is 3.73. The van der Waals surface area contributed by atoms with Gasteiger partial charge in [0, 0.05) is 20.3 Å². The summed E-state index contributed by atoms with van der Waals surface area (Å²) in [5.74, 6) is 1.33. The molecule has 1 fully saturated rings. The number of anilines is 2. The van der Waals surface area contributed by atoms with Gasteiger partial charge in [0.2, 0.25) is 5.88 Å². The molecule has 1 aliphatic carbocycles. The number of rotatable bonds is 8. The van der Waals surface area contributed by atoms with E-state index >= 15 is 0 Å². The Kier molecular flexibility index (Phi) is 4.47. The first-order valence-corrected chi connectivity index (χ1v) is 6.81. The SMILES string of the molecule is CCOc1nc(NCC2(CCOC)CC2)ccc1N. The van der Waals surface area contributed by atoms with Crippen LogP contribution in [0.15, 0.2) is 12.1 Å². The smallest absolute Gasteiger partial charge is 0.239 e. The highest BCUT2D eigenvalue weighted by Crippen LogP contribution is 2.48. The Balaban J connectivity index is 1.91. The number of ether oxygens (including phenoxy) is 2. The lowest BCUT2D eigenvalue weighted by atomic mass is 10.0.